The Morgan fingerprint density at radius 2 is 1.67 bits per heavy atom. The first kappa shape index (κ1) is 30.0. The minimum atomic E-state index is -1.01. The summed E-state index contributed by atoms with van der Waals surface area (Å²) < 4.78 is 11.6. The average Bonchev–Trinajstić information content (AvgIpc) is 3.34. The lowest BCUT2D eigenvalue weighted by Crippen LogP contribution is -2.28. The van der Waals surface area contributed by atoms with Crippen LogP contribution in [0.25, 0.3) is 16.8 Å². The molecule has 0 unspecified atom stereocenters. The van der Waals surface area contributed by atoms with Crippen LogP contribution in [0.1, 0.15) is 27.0 Å². The maximum atomic E-state index is 14.0. The first-order valence-corrected chi connectivity index (χ1v) is 15.2. The van der Waals surface area contributed by atoms with Crippen LogP contribution >= 0.6 is 23.4 Å². The number of thioether (sulfide) groups is 1. The second kappa shape index (κ2) is 13.3. The van der Waals surface area contributed by atoms with Gasteiger partial charge in [-0.2, -0.15) is 0 Å². The van der Waals surface area contributed by atoms with Gasteiger partial charge in [0, 0.05) is 16.1 Å². The number of carboxylic acid groups (broad SMARTS) is 1. The Morgan fingerprint density at radius 1 is 0.933 bits per heavy atom. The highest BCUT2D eigenvalue weighted by atomic mass is 35.5. The Labute approximate surface area is 269 Å². The molecule has 224 valence electrons. The van der Waals surface area contributed by atoms with E-state index in [4.69, 9.17) is 26.1 Å². The van der Waals surface area contributed by atoms with Crippen molar-refractivity contribution in [2.45, 2.75) is 13.2 Å². The summed E-state index contributed by atoms with van der Waals surface area (Å²) >= 11 is 7.67. The zero-order chi connectivity index (χ0) is 31.3. The summed E-state index contributed by atoms with van der Waals surface area (Å²) in [6, 6.07) is 33.1. The van der Waals surface area contributed by atoms with Gasteiger partial charge in [-0.1, -0.05) is 72.3 Å². The van der Waals surface area contributed by atoms with Gasteiger partial charge in [-0.25, -0.2) is 9.79 Å². The normalized spacial score (nSPS) is 14.8. The van der Waals surface area contributed by atoms with Crippen molar-refractivity contribution in [1.82, 2.24) is 4.90 Å². The fourth-order valence-electron chi connectivity index (χ4n) is 4.89. The number of aromatic carboxylic acids is 1. The lowest BCUT2D eigenvalue weighted by atomic mass is 10.0. The fraction of sp³-hybridized carbons (Fsp3) is 0.0833. The van der Waals surface area contributed by atoms with E-state index in [1.54, 1.807) is 24.1 Å². The third-order valence-corrected chi connectivity index (χ3v) is 8.65. The Hall–Kier alpha value is -5.05. The van der Waals surface area contributed by atoms with Crippen molar-refractivity contribution in [2.24, 2.45) is 4.99 Å². The highest BCUT2D eigenvalue weighted by molar-refractivity contribution is 8.18. The number of halogens is 1. The minimum absolute atomic E-state index is 0.175. The quantitative estimate of drug-likeness (QED) is 0.163. The average molecular weight is 635 g/mol. The van der Waals surface area contributed by atoms with Crippen LogP contribution in [0.3, 0.4) is 0 Å². The molecule has 45 heavy (non-hydrogen) atoms. The van der Waals surface area contributed by atoms with Gasteiger partial charge in [0.15, 0.2) is 5.17 Å². The van der Waals surface area contributed by atoms with Gasteiger partial charge in [0.25, 0.3) is 5.91 Å². The number of nitrogens with zero attached hydrogens (tertiary/aromatic N) is 2. The first-order valence-electron chi connectivity index (χ1n) is 14.0. The zero-order valence-corrected chi connectivity index (χ0v) is 25.7. The standard InChI is InChI=1S/C36H27ClN2O5S/c1-43-28-17-15-27(16-18-28)38-36-39(21-23-10-12-25(13-11-23)35(41)42)34(40)33(45-36)20-30-29-8-4-2-6-24(29)14-19-32(30)44-22-26-7-3-5-9-31(26)37/h2-20H,21-22H2,1H3,(H,41,42)/b33-20-,38-36?. The van der Waals surface area contributed by atoms with Gasteiger partial charge >= 0.3 is 5.97 Å². The predicted octanol–water partition coefficient (Wildman–Crippen LogP) is 8.58. The maximum absolute atomic E-state index is 14.0. The molecule has 0 aliphatic carbocycles. The van der Waals surface area contributed by atoms with E-state index < -0.39 is 5.97 Å². The predicted molar refractivity (Wildman–Crippen MR) is 179 cm³/mol. The molecule has 1 aliphatic heterocycles. The molecule has 1 amide bonds. The number of amidine groups is 1. The lowest BCUT2D eigenvalue weighted by Gasteiger charge is -2.16. The Bertz CT molecular complexity index is 1960. The van der Waals surface area contributed by atoms with Crippen LogP contribution < -0.4 is 9.47 Å². The topological polar surface area (TPSA) is 88.4 Å². The first-order chi connectivity index (χ1) is 21.9. The van der Waals surface area contributed by atoms with E-state index >= 15 is 0 Å². The number of fused-ring (bicyclic) bond motifs is 1. The molecule has 1 aliphatic rings. The largest absolute Gasteiger partial charge is 0.497 e. The van der Waals surface area contributed by atoms with E-state index in [0.29, 0.717) is 32.3 Å². The smallest absolute Gasteiger partial charge is 0.335 e. The Balaban J connectivity index is 1.39. The molecule has 1 N–H and O–H groups in total. The highest BCUT2D eigenvalue weighted by Crippen LogP contribution is 2.39. The van der Waals surface area contributed by atoms with Gasteiger partial charge in [0.05, 0.1) is 29.8 Å². The SMILES string of the molecule is COc1ccc(N=C2S/C(=C\c3c(OCc4ccccc4Cl)ccc4ccccc34)C(=O)N2Cc2ccc(C(=O)O)cc2)cc1. The molecular weight excluding hydrogens is 608 g/mol. The van der Waals surface area contributed by atoms with Crippen molar-refractivity contribution < 1.29 is 24.2 Å². The second-order valence-corrected chi connectivity index (χ2v) is 11.6. The molecule has 0 spiro atoms. The highest BCUT2D eigenvalue weighted by Gasteiger charge is 2.34. The summed E-state index contributed by atoms with van der Waals surface area (Å²) in [5.41, 5.74) is 3.23. The molecule has 5 aromatic carbocycles. The molecule has 5 aromatic rings. The third kappa shape index (κ3) is 6.72. The number of carbonyl (C=O) groups excluding carboxylic acids is 1. The number of benzene rings is 5. The number of methoxy groups -OCH3 is 1. The van der Waals surface area contributed by atoms with Crippen LogP contribution in [0, 0.1) is 0 Å². The molecule has 1 heterocycles. The minimum Gasteiger partial charge on any atom is -0.497 e. The molecule has 1 fully saturated rings. The molecule has 0 atom stereocenters. The van der Waals surface area contributed by atoms with E-state index in [-0.39, 0.29) is 24.6 Å². The van der Waals surface area contributed by atoms with E-state index in [1.807, 2.05) is 91.0 Å². The van der Waals surface area contributed by atoms with Crippen LogP contribution in [-0.4, -0.2) is 34.2 Å². The lowest BCUT2D eigenvalue weighted by molar-refractivity contribution is -0.122. The van der Waals surface area contributed by atoms with Crippen LogP contribution in [0.4, 0.5) is 5.69 Å². The number of hydrogen-bond donors (Lipinski definition) is 1. The van der Waals surface area contributed by atoms with Crippen molar-refractivity contribution >= 4 is 62.9 Å². The maximum Gasteiger partial charge on any atom is 0.335 e. The van der Waals surface area contributed by atoms with E-state index in [1.165, 1.54) is 23.9 Å². The summed E-state index contributed by atoms with van der Waals surface area (Å²) in [6.07, 6.45) is 1.86. The summed E-state index contributed by atoms with van der Waals surface area (Å²) in [7, 11) is 1.60. The molecule has 0 radical (unpaired) electrons. The third-order valence-electron chi connectivity index (χ3n) is 7.27. The number of ether oxygens (including phenoxy) is 2. The van der Waals surface area contributed by atoms with Crippen LogP contribution in [-0.2, 0) is 17.9 Å². The summed E-state index contributed by atoms with van der Waals surface area (Å²) in [5.74, 6) is 0.0831. The summed E-state index contributed by atoms with van der Waals surface area (Å²) in [4.78, 5) is 32.3. The van der Waals surface area contributed by atoms with Crippen LogP contribution in [0.15, 0.2) is 119 Å². The number of carbonyl (C=O) groups is 2. The van der Waals surface area contributed by atoms with Gasteiger partial charge in [-0.3, -0.25) is 9.69 Å². The van der Waals surface area contributed by atoms with Crippen molar-refractivity contribution in [2.75, 3.05) is 7.11 Å². The van der Waals surface area contributed by atoms with Gasteiger partial charge < -0.3 is 14.6 Å². The van der Waals surface area contributed by atoms with Gasteiger partial charge in [-0.15, -0.1) is 0 Å². The number of aliphatic imine (C=N–C) groups is 1. The summed E-state index contributed by atoms with van der Waals surface area (Å²) in [6.45, 7) is 0.474. The Morgan fingerprint density at radius 3 is 2.40 bits per heavy atom. The zero-order valence-electron chi connectivity index (χ0n) is 24.1. The number of hydrogen-bond acceptors (Lipinski definition) is 6. The van der Waals surface area contributed by atoms with Crippen molar-refractivity contribution in [3.63, 3.8) is 0 Å². The number of carboxylic acids is 1. The monoisotopic (exact) mass is 634 g/mol. The van der Waals surface area contributed by atoms with Crippen molar-refractivity contribution in [3.8, 4) is 11.5 Å². The summed E-state index contributed by atoms with van der Waals surface area (Å²) in [5, 5.41) is 12.4. The van der Waals surface area contributed by atoms with Gasteiger partial charge in [0.1, 0.15) is 18.1 Å². The number of rotatable bonds is 9. The van der Waals surface area contributed by atoms with E-state index in [9.17, 15) is 14.7 Å². The molecule has 6 rings (SSSR count). The molecule has 0 saturated carbocycles. The van der Waals surface area contributed by atoms with Crippen molar-refractivity contribution in [3.05, 3.63) is 141 Å². The van der Waals surface area contributed by atoms with E-state index in [0.717, 1.165) is 27.5 Å². The van der Waals surface area contributed by atoms with E-state index in [2.05, 4.69) is 0 Å². The molecule has 0 aromatic heterocycles. The molecule has 7 nitrogen and oxygen atoms in total. The van der Waals surface area contributed by atoms with Gasteiger partial charge in [-0.05, 0) is 82.7 Å². The molecule has 0 bridgehead atoms. The second-order valence-electron chi connectivity index (χ2n) is 10.2. The molecule has 1 saturated heterocycles. The fourth-order valence-corrected chi connectivity index (χ4v) is 6.06. The van der Waals surface area contributed by atoms with Gasteiger partial charge in [0.2, 0.25) is 0 Å². The molecular formula is C36H27ClN2O5S. The number of amides is 1. The Kier molecular flexibility index (Phi) is 8.86. The van der Waals surface area contributed by atoms with Crippen LogP contribution in [0.5, 0.6) is 11.5 Å². The van der Waals surface area contributed by atoms with Crippen molar-refractivity contribution in [1.29, 1.82) is 0 Å². The molecule has 9 heteroatoms. The van der Waals surface area contributed by atoms with Crippen LogP contribution in [0.2, 0.25) is 5.02 Å².